The minimum absolute atomic E-state index is 0.745. The molecule has 4 aromatic rings. The molecule has 0 atom stereocenters. The number of fused-ring (bicyclic) bond motifs is 3. The Kier molecular flexibility index (Phi) is 3.20. The number of aromatic nitrogens is 4. The normalized spacial score (nSPS) is 15.4. The average Bonchev–Trinajstić information content (AvgIpc) is 3.33. The zero-order chi connectivity index (χ0) is 15.9. The zero-order valence-corrected chi connectivity index (χ0v) is 13.7. The SMILES string of the molecule is c1cc(-c2ncn[nH]2)c2nc(N3CCOCC3)c3ccsc3c2c1. The van der Waals surface area contributed by atoms with Gasteiger partial charge in [0.15, 0.2) is 5.82 Å². The third kappa shape index (κ3) is 2.09. The summed E-state index contributed by atoms with van der Waals surface area (Å²) in [7, 11) is 0. The molecule has 0 aliphatic carbocycles. The van der Waals surface area contributed by atoms with Gasteiger partial charge in [-0.25, -0.2) is 9.97 Å². The Labute approximate surface area is 142 Å². The number of rotatable bonds is 2. The van der Waals surface area contributed by atoms with E-state index in [1.807, 2.05) is 6.07 Å². The summed E-state index contributed by atoms with van der Waals surface area (Å²) in [5.74, 6) is 1.78. The third-order valence-electron chi connectivity index (χ3n) is 4.39. The number of aromatic amines is 1. The number of hydrogen-bond donors (Lipinski definition) is 1. The predicted octanol–water partition coefficient (Wildman–Crippen LogP) is 3.07. The fourth-order valence-corrected chi connectivity index (χ4v) is 4.17. The van der Waals surface area contributed by atoms with E-state index in [0.29, 0.717) is 0 Å². The van der Waals surface area contributed by atoms with Crippen molar-refractivity contribution in [1.82, 2.24) is 20.2 Å². The van der Waals surface area contributed by atoms with E-state index in [0.717, 1.165) is 54.4 Å². The Balaban J connectivity index is 1.82. The molecule has 1 aromatic carbocycles. The molecule has 0 unspecified atom stereocenters. The van der Waals surface area contributed by atoms with Crippen LogP contribution in [0.3, 0.4) is 0 Å². The Morgan fingerprint density at radius 2 is 2.04 bits per heavy atom. The molecule has 0 spiro atoms. The molecule has 1 fully saturated rings. The fraction of sp³-hybridized carbons (Fsp3) is 0.235. The first-order valence-corrected chi connectivity index (χ1v) is 8.78. The number of ether oxygens (including phenoxy) is 1. The van der Waals surface area contributed by atoms with Crippen LogP contribution < -0.4 is 4.90 Å². The molecule has 0 amide bonds. The van der Waals surface area contributed by atoms with E-state index in [2.05, 4.69) is 43.7 Å². The number of hydrogen-bond acceptors (Lipinski definition) is 6. The van der Waals surface area contributed by atoms with Gasteiger partial charge in [0.05, 0.1) is 18.7 Å². The largest absolute Gasteiger partial charge is 0.378 e. The Bertz CT molecular complexity index is 1000. The highest BCUT2D eigenvalue weighted by Gasteiger charge is 2.19. The number of nitrogens with one attached hydrogen (secondary N) is 1. The van der Waals surface area contributed by atoms with Crippen LogP contribution >= 0.6 is 11.3 Å². The standard InChI is InChI=1S/C17H15N5OS/c1-2-11-14(12(3-1)16-18-10-19-21-16)20-17(13-4-9-24-15(11)13)22-5-7-23-8-6-22/h1-4,9-10H,5-8H2,(H,18,19,21). The van der Waals surface area contributed by atoms with Gasteiger partial charge in [0.1, 0.15) is 12.1 Å². The summed E-state index contributed by atoms with van der Waals surface area (Å²) in [5, 5.41) is 11.4. The van der Waals surface area contributed by atoms with Gasteiger partial charge in [0.2, 0.25) is 0 Å². The molecule has 0 radical (unpaired) electrons. The van der Waals surface area contributed by atoms with Crippen LogP contribution in [0.4, 0.5) is 5.82 Å². The fourth-order valence-electron chi connectivity index (χ4n) is 3.25. The van der Waals surface area contributed by atoms with Crippen LogP contribution in [0.15, 0.2) is 36.0 Å². The molecule has 0 saturated carbocycles. The van der Waals surface area contributed by atoms with Crippen molar-refractivity contribution in [1.29, 1.82) is 0 Å². The van der Waals surface area contributed by atoms with Gasteiger partial charge >= 0.3 is 0 Å². The lowest BCUT2D eigenvalue weighted by molar-refractivity contribution is 0.122. The van der Waals surface area contributed by atoms with Crippen molar-refractivity contribution in [2.75, 3.05) is 31.2 Å². The maximum atomic E-state index is 5.49. The first-order chi connectivity index (χ1) is 11.9. The minimum atomic E-state index is 0.745. The first kappa shape index (κ1) is 13.9. The lowest BCUT2D eigenvalue weighted by Gasteiger charge is -2.28. The van der Waals surface area contributed by atoms with Crippen LogP contribution in [0.25, 0.3) is 32.4 Å². The van der Waals surface area contributed by atoms with Crippen LogP contribution in [0.2, 0.25) is 0 Å². The van der Waals surface area contributed by atoms with Crippen molar-refractivity contribution in [3.05, 3.63) is 36.0 Å². The Morgan fingerprint density at radius 3 is 2.88 bits per heavy atom. The summed E-state index contributed by atoms with van der Waals surface area (Å²) in [6.45, 7) is 3.23. The maximum absolute atomic E-state index is 5.49. The van der Waals surface area contributed by atoms with Crippen LogP contribution in [0, 0.1) is 0 Å². The van der Waals surface area contributed by atoms with Crippen molar-refractivity contribution >= 4 is 38.1 Å². The van der Waals surface area contributed by atoms with E-state index in [9.17, 15) is 0 Å². The van der Waals surface area contributed by atoms with Gasteiger partial charge in [-0.2, -0.15) is 5.10 Å². The smallest absolute Gasteiger partial charge is 0.157 e. The van der Waals surface area contributed by atoms with Crippen molar-refractivity contribution in [3.63, 3.8) is 0 Å². The van der Waals surface area contributed by atoms with E-state index in [4.69, 9.17) is 9.72 Å². The molecule has 6 nitrogen and oxygen atoms in total. The number of nitrogens with zero attached hydrogens (tertiary/aromatic N) is 4. The van der Waals surface area contributed by atoms with Gasteiger partial charge in [-0.05, 0) is 17.5 Å². The zero-order valence-electron chi connectivity index (χ0n) is 12.9. The monoisotopic (exact) mass is 337 g/mol. The quantitative estimate of drug-likeness (QED) is 0.609. The number of morpholine rings is 1. The second-order valence-corrected chi connectivity index (χ2v) is 6.65. The van der Waals surface area contributed by atoms with E-state index in [1.54, 1.807) is 11.3 Å². The second-order valence-electron chi connectivity index (χ2n) is 5.73. The topological polar surface area (TPSA) is 66.9 Å². The molecule has 4 heterocycles. The van der Waals surface area contributed by atoms with Gasteiger partial charge in [-0.3, -0.25) is 5.10 Å². The Morgan fingerprint density at radius 1 is 1.12 bits per heavy atom. The second kappa shape index (κ2) is 5.54. The van der Waals surface area contributed by atoms with Crippen molar-refractivity contribution in [2.24, 2.45) is 0 Å². The highest BCUT2D eigenvalue weighted by molar-refractivity contribution is 7.18. The number of thiophene rings is 1. The van der Waals surface area contributed by atoms with Gasteiger partial charge < -0.3 is 9.64 Å². The molecule has 1 saturated heterocycles. The van der Waals surface area contributed by atoms with Crippen molar-refractivity contribution in [3.8, 4) is 11.4 Å². The molecule has 1 aliphatic heterocycles. The number of H-pyrrole nitrogens is 1. The van der Waals surface area contributed by atoms with E-state index >= 15 is 0 Å². The molecule has 0 bridgehead atoms. The highest BCUT2D eigenvalue weighted by atomic mass is 32.1. The maximum Gasteiger partial charge on any atom is 0.157 e. The van der Waals surface area contributed by atoms with Crippen LogP contribution in [-0.4, -0.2) is 46.5 Å². The summed E-state index contributed by atoms with van der Waals surface area (Å²) < 4.78 is 6.76. The minimum Gasteiger partial charge on any atom is -0.378 e. The van der Waals surface area contributed by atoms with Crippen molar-refractivity contribution < 1.29 is 4.74 Å². The molecule has 1 aliphatic rings. The van der Waals surface area contributed by atoms with E-state index in [-0.39, 0.29) is 0 Å². The molecule has 5 rings (SSSR count). The number of para-hydroxylation sites is 1. The highest BCUT2D eigenvalue weighted by Crippen LogP contribution is 2.38. The predicted molar refractivity (Wildman–Crippen MR) is 95.5 cm³/mol. The number of anilines is 1. The molecular weight excluding hydrogens is 322 g/mol. The molecule has 120 valence electrons. The van der Waals surface area contributed by atoms with Crippen LogP contribution in [-0.2, 0) is 4.74 Å². The summed E-state index contributed by atoms with van der Waals surface area (Å²) in [6, 6.07) is 8.39. The average molecular weight is 337 g/mol. The van der Waals surface area contributed by atoms with Gasteiger partial charge in [0.25, 0.3) is 0 Å². The number of benzene rings is 1. The summed E-state index contributed by atoms with van der Waals surface area (Å²) in [6.07, 6.45) is 1.53. The lowest BCUT2D eigenvalue weighted by atomic mass is 10.1. The summed E-state index contributed by atoms with van der Waals surface area (Å²) in [4.78, 5) is 11.7. The van der Waals surface area contributed by atoms with Crippen molar-refractivity contribution in [2.45, 2.75) is 0 Å². The lowest BCUT2D eigenvalue weighted by Crippen LogP contribution is -2.36. The third-order valence-corrected chi connectivity index (χ3v) is 5.33. The van der Waals surface area contributed by atoms with Gasteiger partial charge in [-0.15, -0.1) is 11.3 Å². The summed E-state index contributed by atoms with van der Waals surface area (Å²) >= 11 is 1.76. The number of pyridine rings is 1. The van der Waals surface area contributed by atoms with Crippen LogP contribution in [0.1, 0.15) is 0 Å². The van der Waals surface area contributed by atoms with Gasteiger partial charge in [0, 0.05) is 34.1 Å². The Hall–Kier alpha value is -2.51. The first-order valence-electron chi connectivity index (χ1n) is 7.90. The van der Waals surface area contributed by atoms with Crippen LogP contribution in [0.5, 0.6) is 0 Å². The molecule has 3 aromatic heterocycles. The van der Waals surface area contributed by atoms with Gasteiger partial charge in [-0.1, -0.05) is 12.1 Å². The molecule has 7 heteroatoms. The molecule has 1 N–H and O–H groups in total. The summed E-state index contributed by atoms with van der Waals surface area (Å²) in [5.41, 5.74) is 1.94. The van der Waals surface area contributed by atoms with E-state index in [1.165, 1.54) is 16.4 Å². The molecule has 24 heavy (non-hydrogen) atoms. The van der Waals surface area contributed by atoms with E-state index < -0.39 is 0 Å². The molecular formula is C17H15N5OS.